The standard InChI is InChI=1S/C24H29FN2O2S/c1-17(16-30-28)26-11-18-2-4-19(5-3-18)12-27-13-21-8-9-22(29-15-20-6-7-20)10-23(21)24(25)14-27/h2-5,8-10,20,24,26,28H,1,6-7,11-16H2. The summed E-state index contributed by atoms with van der Waals surface area (Å²) < 4.78 is 29.6. The van der Waals surface area contributed by atoms with Gasteiger partial charge in [0.2, 0.25) is 0 Å². The van der Waals surface area contributed by atoms with Crippen LogP contribution in [0, 0.1) is 5.92 Å². The third-order valence-corrected chi connectivity index (χ3v) is 6.14. The fraction of sp³-hybridized carbons (Fsp3) is 0.417. The molecule has 1 heterocycles. The van der Waals surface area contributed by atoms with Gasteiger partial charge in [-0.1, -0.05) is 36.9 Å². The molecule has 1 aliphatic carbocycles. The number of fused-ring (bicyclic) bond motifs is 1. The maximum atomic E-state index is 14.9. The van der Waals surface area contributed by atoms with Crippen molar-refractivity contribution < 1.29 is 13.7 Å². The minimum atomic E-state index is -0.989. The van der Waals surface area contributed by atoms with Crippen LogP contribution in [0.3, 0.4) is 0 Å². The SMILES string of the molecule is C=C(CSO)NCc1ccc(CN2Cc3ccc(OCC4CC4)cc3C(F)C2)cc1. The Kier molecular flexibility index (Phi) is 6.97. The molecule has 6 heteroatoms. The Hall–Kier alpha value is -2.02. The summed E-state index contributed by atoms with van der Waals surface area (Å²) in [5.41, 5.74) is 4.95. The summed E-state index contributed by atoms with van der Waals surface area (Å²) in [6.07, 6.45) is 1.51. The highest BCUT2D eigenvalue weighted by Crippen LogP contribution is 2.34. The number of nitrogens with zero attached hydrogens (tertiary/aromatic N) is 1. The van der Waals surface area contributed by atoms with Crippen molar-refractivity contribution in [3.63, 3.8) is 0 Å². The fourth-order valence-electron chi connectivity index (χ4n) is 3.72. The predicted octanol–water partition coefficient (Wildman–Crippen LogP) is 5.31. The number of nitrogens with one attached hydrogen (secondary N) is 1. The first-order valence-electron chi connectivity index (χ1n) is 10.5. The lowest BCUT2D eigenvalue weighted by molar-refractivity contribution is 0.158. The number of ether oxygens (including phenoxy) is 1. The van der Waals surface area contributed by atoms with Gasteiger partial charge in [-0.05, 0) is 65.2 Å². The second kappa shape index (κ2) is 9.86. The second-order valence-electron chi connectivity index (χ2n) is 8.30. The first kappa shape index (κ1) is 21.2. The molecule has 0 saturated heterocycles. The van der Waals surface area contributed by atoms with Gasteiger partial charge in [0.15, 0.2) is 0 Å². The number of hydrogen-bond acceptors (Lipinski definition) is 5. The highest BCUT2D eigenvalue weighted by atomic mass is 32.2. The van der Waals surface area contributed by atoms with Crippen LogP contribution in [-0.2, 0) is 19.6 Å². The van der Waals surface area contributed by atoms with Crippen molar-refractivity contribution in [3.8, 4) is 5.75 Å². The van der Waals surface area contributed by atoms with Crippen LogP contribution in [0.25, 0.3) is 0 Å². The van der Waals surface area contributed by atoms with Gasteiger partial charge in [0.1, 0.15) is 11.9 Å². The molecule has 0 amide bonds. The molecule has 1 saturated carbocycles. The number of rotatable bonds is 10. The Morgan fingerprint density at radius 1 is 1.20 bits per heavy atom. The van der Waals surface area contributed by atoms with Gasteiger partial charge in [0.05, 0.1) is 12.4 Å². The van der Waals surface area contributed by atoms with Gasteiger partial charge >= 0.3 is 0 Å². The monoisotopic (exact) mass is 428 g/mol. The van der Waals surface area contributed by atoms with Gasteiger partial charge in [-0.15, -0.1) is 0 Å². The van der Waals surface area contributed by atoms with Gasteiger partial charge in [0, 0.05) is 31.9 Å². The lowest BCUT2D eigenvalue weighted by Crippen LogP contribution is -2.31. The van der Waals surface area contributed by atoms with Crippen molar-refractivity contribution in [2.75, 3.05) is 18.9 Å². The summed E-state index contributed by atoms with van der Waals surface area (Å²) in [4.78, 5) is 2.16. The third-order valence-electron chi connectivity index (χ3n) is 5.66. The van der Waals surface area contributed by atoms with Gasteiger partial charge in [-0.25, -0.2) is 4.39 Å². The van der Waals surface area contributed by atoms with Crippen molar-refractivity contribution in [1.29, 1.82) is 0 Å². The maximum absolute atomic E-state index is 14.9. The van der Waals surface area contributed by atoms with Crippen LogP contribution in [0.4, 0.5) is 4.39 Å². The maximum Gasteiger partial charge on any atom is 0.138 e. The number of alkyl halides is 1. The molecule has 4 rings (SSSR count). The van der Waals surface area contributed by atoms with Gasteiger partial charge in [-0.3, -0.25) is 4.90 Å². The molecule has 0 spiro atoms. The molecule has 1 unspecified atom stereocenters. The van der Waals surface area contributed by atoms with Crippen LogP contribution >= 0.6 is 12.0 Å². The zero-order chi connectivity index (χ0) is 20.9. The topological polar surface area (TPSA) is 44.7 Å². The Bertz CT molecular complexity index is 870. The molecule has 1 fully saturated rings. The van der Waals surface area contributed by atoms with Crippen LogP contribution in [0.1, 0.15) is 41.3 Å². The lowest BCUT2D eigenvalue weighted by atomic mass is 9.97. The van der Waals surface area contributed by atoms with Crippen molar-refractivity contribution in [2.24, 2.45) is 5.92 Å². The van der Waals surface area contributed by atoms with Gasteiger partial charge in [-0.2, -0.15) is 0 Å². The molecule has 160 valence electrons. The van der Waals surface area contributed by atoms with Gasteiger partial charge in [0.25, 0.3) is 0 Å². The van der Waals surface area contributed by atoms with Crippen molar-refractivity contribution in [3.05, 3.63) is 77.0 Å². The van der Waals surface area contributed by atoms with E-state index < -0.39 is 6.17 Å². The van der Waals surface area contributed by atoms with Crippen LogP contribution in [0.15, 0.2) is 54.7 Å². The Morgan fingerprint density at radius 3 is 2.70 bits per heavy atom. The lowest BCUT2D eigenvalue weighted by Gasteiger charge is -2.31. The summed E-state index contributed by atoms with van der Waals surface area (Å²) in [6.45, 7) is 7.17. The molecule has 2 N–H and O–H groups in total. The molecular formula is C24H29FN2O2S. The molecular weight excluding hydrogens is 399 g/mol. The van der Waals surface area contributed by atoms with E-state index in [9.17, 15) is 4.39 Å². The van der Waals surface area contributed by atoms with Crippen LogP contribution in [-0.4, -0.2) is 28.4 Å². The Morgan fingerprint density at radius 2 is 1.97 bits per heavy atom. The van der Waals surface area contributed by atoms with E-state index in [0.717, 1.165) is 59.9 Å². The van der Waals surface area contributed by atoms with Crippen molar-refractivity contribution >= 4 is 12.0 Å². The second-order valence-corrected chi connectivity index (χ2v) is 8.85. The molecule has 1 aliphatic heterocycles. The molecule has 4 nitrogen and oxygen atoms in total. The highest BCUT2D eigenvalue weighted by molar-refractivity contribution is 7.93. The van der Waals surface area contributed by atoms with E-state index in [1.165, 1.54) is 18.4 Å². The van der Waals surface area contributed by atoms with Crippen LogP contribution in [0.2, 0.25) is 0 Å². The van der Waals surface area contributed by atoms with E-state index in [1.54, 1.807) is 0 Å². The Labute approximate surface area is 182 Å². The minimum Gasteiger partial charge on any atom is -0.493 e. The summed E-state index contributed by atoms with van der Waals surface area (Å²) in [7, 11) is 0. The van der Waals surface area contributed by atoms with E-state index in [1.807, 2.05) is 18.2 Å². The number of benzene rings is 2. The van der Waals surface area contributed by atoms with E-state index in [4.69, 9.17) is 9.29 Å². The smallest absolute Gasteiger partial charge is 0.138 e. The van der Waals surface area contributed by atoms with Crippen LogP contribution < -0.4 is 10.1 Å². The molecule has 0 bridgehead atoms. The van der Waals surface area contributed by atoms with E-state index >= 15 is 0 Å². The minimum absolute atomic E-state index is 0.404. The zero-order valence-corrected chi connectivity index (χ0v) is 18.0. The van der Waals surface area contributed by atoms with Crippen molar-refractivity contribution in [1.82, 2.24) is 10.2 Å². The summed E-state index contributed by atoms with van der Waals surface area (Å²) in [5.74, 6) is 1.96. The molecule has 2 aliphatic rings. The molecule has 30 heavy (non-hydrogen) atoms. The van der Waals surface area contributed by atoms with Crippen molar-refractivity contribution in [2.45, 2.75) is 38.6 Å². The molecule has 1 atom stereocenters. The molecule has 0 aromatic heterocycles. The Balaban J connectivity index is 1.32. The average molecular weight is 429 g/mol. The summed E-state index contributed by atoms with van der Waals surface area (Å²) >= 11 is 0.763. The third kappa shape index (κ3) is 5.78. The zero-order valence-electron chi connectivity index (χ0n) is 17.1. The molecule has 2 aromatic rings. The first-order valence-corrected chi connectivity index (χ1v) is 11.4. The highest BCUT2D eigenvalue weighted by Gasteiger charge is 2.26. The first-order chi connectivity index (χ1) is 14.6. The fourth-order valence-corrected chi connectivity index (χ4v) is 3.98. The summed E-state index contributed by atoms with van der Waals surface area (Å²) in [5, 5.41) is 3.19. The van der Waals surface area contributed by atoms with E-state index in [-0.39, 0.29) is 0 Å². The molecule has 0 radical (unpaired) electrons. The van der Waals surface area contributed by atoms with Gasteiger partial charge < -0.3 is 14.6 Å². The normalized spacial score (nSPS) is 18.7. The van der Waals surface area contributed by atoms with Crippen LogP contribution in [0.5, 0.6) is 5.75 Å². The molecule has 2 aromatic carbocycles. The predicted molar refractivity (Wildman–Crippen MR) is 120 cm³/mol. The average Bonchev–Trinajstić information content (AvgIpc) is 3.57. The summed E-state index contributed by atoms with van der Waals surface area (Å²) in [6, 6.07) is 14.2. The van der Waals surface area contributed by atoms with E-state index in [2.05, 4.69) is 41.1 Å². The quantitative estimate of drug-likeness (QED) is 0.502. The number of hydrogen-bond donors (Lipinski definition) is 2. The largest absolute Gasteiger partial charge is 0.493 e. The van der Waals surface area contributed by atoms with E-state index in [0.29, 0.717) is 24.8 Å². The number of halogens is 1.